The van der Waals surface area contributed by atoms with Gasteiger partial charge in [0.2, 0.25) is 0 Å². The summed E-state index contributed by atoms with van der Waals surface area (Å²) in [6.45, 7) is 3.70. The highest BCUT2D eigenvalue weighted by molar-refractivity contribution is 6.08. The minimum Gasteiger partial charge on any atom is -0.336 e. The fourth-order valence-electron chi connectivity index (χ4n) is 3.62. The van der Waals surface area contributed by atoms with E-state index in [0.29, 0.717) is 24.0 Å². The van der Waals surface area contributed by atoms with Crippen molar-refractivity contribution < 1.29 is 9.72 Å². The van der Waals surface area contributed by atoms with E-state index in [1.807, 2.05) is 18.2 Å². The molecule has 2 fully saturated rings. The van der Waals surface area contributed by atoms with E-state index in [9.17, 15) is 14.9 Å². The third-order valence-electron chi connectivity index (χ3n) is 5.38. The molecule has 0 aromatic heterocycles. The molecule has 2 aliphatic rings. The van der Waals surface area contributed by atoms with Gasteiger partial charge in [-0.15, -0.1) is 0 Å². The molecule has 136 valence electrons. The van der Waals surface area contributed by atoms with Gasteiger partial charge >= 0.3 is 0 Å². The Morgan fingerprint density at radius 3 is 2.50 bits per heavy atom. The number of carbonyl (C=O) groups excluding carboxylic acids is 1. The van der Waals surface area contributed by atoms with Crippen LogP contribution in [0.3, 0.4) is 0 Å². The zero-order chi connectivity index (χ0) is 18.3. The normalized spacial score (nSPS) is 19.5. The largest absolute Gasteiger partial charge is 0.336 e. The minimum absolute atomic E-state index is 0.0254. The Balaban J connectivity index is 1.55. The summed E-state index contributed by atoms with van der Waals surface area (Å²) in [5, 5.41) is 12.7. The number of non-ortho nitro benzene ring substituents is 1. The van der Waals surface area contributed by atoms with Crippen LogP contribution in [0, 0.1) is 10.1 Å². The van der Waals surface area contributed by atoms with Gasteiger partial charge in [-0.1, -0.05) is 24.3 Å². The number of hydrogen-bond donors (Lipinski definition) is 1. The molecule has 0 atom stereocenters. The molecule has 2 aromatic carbocycles. The topological polar surface area (TPSA) is 92.7 Å². The summed E-state index contributed by atoms with van der Waals surface area (Å²) in [5.41, 5.74) is 6.51. The molecule has 1 aliphatic heterocycles. The molecule has 1 saturated heterocycles. The summed E-state index contributed by atoms with van der Waals surface area (Å²) in [5.74, 6) is -0.140. The van der Waals surface area contributed by atoms with Crippen LogP contribution in [0.4, 0.5) is 5.69 Å². The number of benzene rings is 2. The predicted molar refractivity (Wildman–Crippen MR) is 99.1 cm³/mol. The number of hydrogen-bond acceptors (Lipinski definition) is 5. The molecule has 2 aromatic rings. The molecular formula is C19H22N4O3. The first-order valence-corrected chi connectivity index (χ1v) is 8.93. The number of amides is 1. The Morgan fingerprint density at radius 2 is 1.85 bits per heavy atom. The van der Waals surface area contributed by atoms with Gasteiger partial charge in [-0.25, -0.2) is 0 Å². The van der Waals surface area contributed by atoms with Crippen LogP contribution in [-0.4, -0.2) is 58.9 Å². The Morgan fingerprint density at radius 1 is 1.15 bits per heavy atom. The average molecular weight is 354 g/mol. The number of nitro groups is 1. The highest BCUT2D eigenvalue weighted by Crippen LogP contribution is 2.33. The second-order valence-corrected chi connectivity index (χ2v) is 7.40. The molecule has 7 nitrogen and oxygen atoms in total. The molecule has 1 amide bonds. The molecule has 1 aliphatic carbocycles. The van der Waals surface area contributed by atoms with E-state index >= 15 is 0 Å². The first-order valence-electron chi connectivity index (χ1n) is 8.93. The molecule has 0 bridgehead atoms. The van der Waals surface area contributed by atoms with E-state index in [1.165, 1.54) is 12.1 Å². The van der Waals surface area contributed by atoms with Crippen molar-refractivity contribution in [1.29, 1.82) is 0 Å². The summed E-state index contributed by atoms with van der Waals surface area (Å²) in [7, 11) is 0. The van der Waals surface area contributed by atoms with E-state index in [2.05, 4.69) is 4.90 Å². The number of fused-ring (bicyclic) bond motifs is 1. The van der Waals surface area contributed by atoms with Gasteiger partial charge in [0, 0.05) is 50.4 Å². The maximum Gasteiger partial charge on any atom is 0.270 e. The first kappa shape index (κ1) is 16.9. The van der Waals surface area contributed by atoms with Crippen LogP contribution in [0.1, 0.15) is 23.2 Å². The van der Waals surface area contributed by atoms with Crippen LogP contribution in [0.25, 0.3) is 10.8 Å². The van der Waals surface area contributed by atoms with E-state index in [1.54, 1.807) is 11.0 Å². The quantitative estimate of drug-likeness (QED) is 0.670. The molecule has 4 rings (SSSR count). The molecular weight excluding hydrogens is 332 g/mol. The summed E-state index contributed by atoms with van der Waals surface area (Å²) < 4.78 is 0. The Hall–Kier alpha value is -2.51. The fourth-order valence-corrected chi connectivity index (χ4v) is 3.62. The van der Waals surface area contributed by atoms with Gasteiger partial charge in [0.1, 0.15) is 0 Å². The molecule has 1 heterocycles. The highest BCUT2D eigenvalue weighted by Gasteiger charge is 2.40. The summed E-state index contributed by atoms with van der Waals surface area (Å²) in [4.78, 5) is 27.9. The lowest BCUT2D eigenvalue weighted by atomic mass is 10.0. The van der Waals surface area contributed by atoms with Crippen molar-refractivity contribution in [2.75, 3.05) is 32.7 Å². The maximum atomic E-state index is 13.1. The number of rotatable bonds is 4. The molecule has 7 heteroatoms. The van der Waals surface area contributed by atoms with E-state index in [0.717, 1.165) is 37.9 Å². The number of nitrogens with two attached hydrogens (primary N) is 1. The highest BCUT2D eigenvalue weighted by atomic mass is 16.6. The zero-order valence-corrected chi connectivity index (χ0v) is 14.6. The Labute approximate surface area is 151 Å². The zero-order valence-electron chi connectivity index (χ0n) is 14.6. The van der Waals surface area contributed by atoms with Crippen molar-refractivity contribution in [1.82, 2.24) is 9.80 Å². The molecule has 26 heavy (non-hydrogen) atoms. The number of nitro benzene ring substituents is 1. The van der Waals surface area contributed by atoms with Gasteiger partial charge < -0.3 is 10.6 Å². The second-order valence-electron chi connectivity index (χ2n) is 7.40. The fraction of sp³-hybridized carbons (Fsp3) is 0.421. The lowest BCUT2D eigenvalue weighted by molar-refractivity contribution is -0.384. The van der Waals surface area contributed by atoms with Gasteiger partial charge in [-0.3, -0.25) is 19.8 Å². The van der Waals surface area contributed by atoms with Crippen LogP contribution in [0.2, 0.25) is 0 Å². The van der Waals surface area contributed by atoms with Crippen LogP contribution in [-0.2, 0) is 0 Å². The van der Waals surface area contributed by atoms with E-state index in [-0.39, 0.29) is 17.1 Å². The smallest absolute Gasteiger partial charge is 0.270 e. The molecule has 0 unspecified atom stereocenters. The third-order valence-corrected chi connectivity index (χ3v) is 5.38. The van der Waals surface area contributed by atoms with Crippen molar-refractivity contribution in [2.24, 2.45) is 5.73 Å². The van der Waals surface area contributed by atoms with Crippen molar-refractivity contribution in [3.05, 3.63) is 52.1 Å². The van der Waals surface area contributed by atoms with Gasteiger partial charge in [0.15, 0.2) is 0 Å². The molecule has 1 saturated carbocycles. The van der Waals surface area contributed by atoms with Crippen LogP contribution in [0.15, 0.2) is 36.4 Å². The van der Waals surface area contributed by atoms with Gasteiger partial charge in [-0.05, 0) is 23.6 Å². The van der Waals surface area contributed by atoms with Gasteiger partial charge in [0.05, 0.1) is 10.5 Å². The average Bonchev–Trinajstić information content (AvgIpc) is 3.37. The van der Waals surface area contributed by atoms with E-state index in [4.69, 9.17) is 5.73 Å². The van der Waals surface area contributed by atoms with Gasteiger partial charge in [0.25, 0.3) is 11.6 Å². The second kappa shape index (κ2) is 6.34. The lowest BCUT2D eigenvalue weighted by Crippen LogP contribution is -2.52. The van der Waals surface area contributed by atoms with Gasteiger partial charge in [-0.2, -0.15) is 0 Å². The van der Waals surface area contributed by atoms with Crippen molar-refractivity contribution in [2.45, 2.75) is 18.4 Å². The summed E-state index contributed by atoms with van der Waals surface area (Å²) >= 11 is 0. The Kier molecular flexibility index (Phi) is 4.13. The first-order chi connectivity index (χ1) is 12.5. The van der Waals surface area contributed by atoms with Crippen LogP contribution >= 0.6 is 0 Å². The van der Waals surface area contributed by atoms with Crippen molar-refractivity contribution >= 4 is 22.4 Å². The minimum atomic E-state index is -0.447. The molecule has 0 radical (unpaired) electrons. The maximum absolute atomic E-state index is 13.1. The van der Waals surface area contributed by atoms with Crippen LogP contribution in [0.5, 0.6) is 0 Å². The lowest BCUT2D eigenvalue weighted by Gasteiger charge is -2.36. The monoisotopic (exact) mass is 354 g/mol. The van der Waals surface area contributed by atoms with E-state index < -0.39 is 4.92 Å². The third kappa shape index (κ3) is 3.27. The van der Waals surface area contributed by atoms with Crippen molar-refractivity contribution in [3.63, 3.8) is 0 Å². The summed E-state index contributed by atoms with van der Waals surface area (Å²) in [6, 6.07) is 10.2. The predicted octanol–water partition coefficient (Wildman–Crippen LogP) is 2.00. The Bertz CT molecular complexity index is 870. The number of nitrogens with zero attached hydrogens (tertiary/aromatic N) is 3. The van der Waals surface area contributed by atoms with Crippen LogP contribution < -0.4 is 5.73 Å². The molecule has 2 N–H and O–H groups in total. The number of piperazine rings is 1. The van der Waals surface area contributed by atoms with Crippen molar-refractivity contribution in [3.8, 4) is 0 Å². The SMILES string of the molecule is NC1(CN2CCN(C(=O)c3cc([N+](=O)[O-])cc4ccccc34)CC2)CC1. The number of carbonyl (C=O) groups is 1. The standard InChI is InChI=1S/C19H22N4O3/c20-19(5-6-19)13-21-7-9-22(10-8-21)18(24)17-12-15(23(25)26)11-14-3-1-2-4-16(14)17/h1-4,11-12H,5-10,13,20H2. The summed E-state index contributed by atoms with van der Waals surface area (Å²) in [6.07, 6.45) is 2.15. The molecule has 0 spiro atoms.